The summed E-state index contributed by atoms with van der Waals surface area (Å²) in [5, 5.41) is 11.8. The zero-order valence-corrected chi connectivity index (χ0v) is 11.6. The Hall–Kier alpha value is -2.04. The number of carbonyl (C=O) groups is 2. The van der Waals surface area contributed by atoms with Crippen molar-refractivity contribution in [3.8, 4) is 5.75 Å². The van der Waals surface area contributed by atoms with Gasteiger partial charge in [0.1, 0.15) is 11.7 Å². The van der Waals surface area contributed by atoms with Crippen LogP contribution in [0.1, 0.15) is 20.8 Å². The minimum absolute atomic E-state index is 0.463. The van der Waals surface area contributed by atoms with Crippen LogP contribution in [0, 0.1) is 11.3 Å². The summed E-state index contributed by atoms with van der Waals surface area (Å²) in [4.78, 5) is 23.4. The van der Waals surface area contributed by atoms with Gasteiger partial charge in [-0.05, 0) is 17.5 Å². The monoisotopic (exact) mass is 265 g/mol. The number of hydrogen-bond donors (Lipinski definition) is 2. The molecule has 1 aromatic rings. The molecule has 1 rings (SSSR count). The van der Waals surface area contributed by atoms with Gasteiger partial charge >= 0.3 is 5.97 Å². The molecular formula is C14H19NO4. The van der Waals surface area contributed by atoms with Crippen LogP contribution in [0.4, 0.5) is 5.69 Å². The molecule has 104 valence electrons. The molecule has 1 aromatic carbocycles. The maximum atomic E-state index is 12.1. The number of methoxy groups -OCH3 is 1. The van der Waals surface area contributed by atoms with Gasteiger partial charge in [-0.1, -0.05) is 32.9 Å². The lowest BCUT2D eigenvalue weighted by molar-refractivity contribution is -0.149. The molecule has 0 spiro atoms. The molecule has 0 radical (unpaired) electrons. The Morgan fingerprint density at radius 2 is 1.84 bits per heavy atom. The number of rotatable bonds is 4. The molecular weight excluding hydrogens is 246 g/mol. The van der Waals surface area contributed by atoms with Crippen LogP contribution in [0.3, 0.4) is 0 Å². The quantitative estimate of drug-likeness (QED) is 0.819. The smallest absolute Gasteiger partial charge is 0.316 e. The third-order valence-electron chi connectivity index (χ3n) is 2.74. The number of para-hydroxylation sites is 2. The number of nitrogens with one attached hydrogen (secondary N) is 1. The number of anilines is 1. The number of benzene rings is 1. The highest BCUT2D eigenvalue weighted by Gasteiger charge is 2.37. The first-order valence-electron chi connectivity index (χ1n) is 5.94. The largest absolute Gasteiger partial charge is 0.495 e. The predicted octanol–water partition coefficient (Wildman–Crippen LogP) is 2.38. The van der Waals surface area contributed by atoms with Crippen molar-refractivity contribution in [2.24, 2.45) is 11.3 Å². The Morgan fingerprint density at radius 3 is 2.32 bits per heavy atom. The molecule has 0 bridgehead atoms. The zero-order chi connectivity index (χ0) is 14.6. The van der Waals surface area contributed by atoms with Gasteiger partial charge in [-0.25, -0.2) is 0 Å². The molecule has 0 aliphatic heterocycles. The first-order valence-corrected chi connectivity index (χ1v) is 5.94. The summed E-state index contributed by atoms with van der Waals surface area (Å²) >= 11 is 0. The fraction of sp³-hybridized carbons (Fsp3) is 0.429. The molecule has 0 aliphatic rings. The highest BCUT2D eigenvalue weighted by atomic mass is 16.5. The van der Waals surface area contributed by atoms with Crippen molar-refractivity contribution in [3.63, 3.8) is 0 Å². The second-order valence-corrected chi connectivity index (χ2v) is 5.33. The van der Waals surface area contributed by atoms with Crippen molar-refractivity contribution in [1.82, 2.24) is 0 Å². The fourth-order valence-corrected chi connectivity index (χ4v) is 1.83. The Balaban J connectivity index is 2.98. The summed E-state index contributed by atoms with van der Waals surface area (Å²) in [5.74, 6) is -2.32. The topological polar surface area (TPSA) is 75.6 Å². The number of ether oxygens (including phenoxy) is 1. The summed E-state index contributed by atoms with van der Waals surface area (Å²) in [7, 11) is 1.49. The molecule has 1 unspecified atom stereocenters. The van der Waals surface area contributed by atoms with E-state index in [-0.39, 0.29) is 0 Å². The van der Waals surface area contributed by atoms with E-state index in [4.69, 9.17) is 4.74 Å². The Morgan fingerprint density at radius 1 is 1.26 bits per heavy atom. The summed E-state index contributed by atoms with van der Waals surface area (Å²) in [6, 6.07) is 6.87. The second-order valence-electron chi connectivity index (χ2n) is 5.33. The Labute approximate surface area is 112 Å². The number of carboxylic acids is 1. The molecule has 2 N–H and O–H groups in total. The SMILES string of the molecule is COc1ccccc1NC(=O)C(C(=O)O)C(C)(C)C. The number of hydrogen-bond acceptors (Lipinski definition) is 3. The average Bonchev–Trinajstić information content (AvgIpc) is 2.27. The van der Waals surface area contributed by atoms with E-state index in [0.29, 0.717) is 11.4 Å². The van der Waals surface area contributed by atoms with Gasteiger partial charge in [-0.15, -0.1) is 0 Å². The first kappa shape index (κ1) is 15.0. The van der Waals surface area contributed by atoms with Gasteiger partial charge in [0.2, 0.25) is 5.91 Å². The number of carboxylic acid groups (broad SMARTS) is 1. The van der Waals surface area contributed by atoms with E-state index in [1.807, 2.05) is 0 Å². The van der Waals surface area contributed by atoms with Gasteiger partial charge in [-0.3, -0.25) is 9.59 Å². The Bertz CT molecular complexity index is 477. The fourth-order valence-electron chi connectivity index (χ4n) is 1.83. The van der Waals surface area contributed by atoms with Crippen LogP contribution in [0.15, 0.2) is 24.3 Å². The molecule has 1 atom stereocenters. The molecule has 0 aromatic heterocycles. The third-order valence-corrected chi connectivity index (χ3v) is 2.74. The van der Waals surface area contributed by atoms with E-state index in [0.717, 1.165) is 0 Å². The molecule has 0 saturated carbocycles. The van der Waals surface area contributed by atoms with Gasteiger partial charge in [0.15, 0.2) is 0 Å². The molecule has 5 heteroatoms. The van der Waals surface area contributed by atoms with E-state index in [1.54, 1.807) is 45.0 Å². The van der Waals surface area contributed by atoms with Crippen molar-refractivity contribution in [1.29, 1.82) is 0 Å². The standard InChI is InChI=1S/C14H19NO4/c1-14(2,3)11(13(17)18)12(16)15-9-7-5-6-8-10(9)19-4/h5-8,11H,1-4H3,(H,15,16)(H,17,18). The van der Waals surface area contributed by atoms with Gasteiger partial charge in [-0.2, -0.15) is 0 Å². The molecule has 19 heavy (non-hydrogen) atoms. The lowest BCUT2D eigenvalue weighted by Gasteiger charge is -2.26. The van der Waals surface area contributed by atoms with Crippen LogP contribution in [0.2, 0.25) is 0 Å². The van der Waals surface area contributed by atoms with Gasteiger partial charge in [0.25, 0.3) is 0 Å². The minimum Gasteiger partial charge on any atom is -0.495 e. The molecule has 0 heterocycles. The van der Waals surface area contributed by atoms with E-state index in [1.165, 1.54) is 7.11 Å². The summed E-state index contributed by atoms with van der Waals surface area (Å²) < 4.78 is 5.11. The van der Waals surface area contributed by atoms with Crippen LogP contribution in [0.5, 0.6) is 5.75 Å². The van der Waals surface area contributed by atoms with Crippen LogP contribution >= 0.6 is 0 Å². The molecule has 0 aliphatic carbocycles. The lowest BCUT2D eigenvalue weighted by atomic mass is 9.80. The van der Waals surface area contributed by atoms with Crippen molar-refractivity contribution in [2.45, 2.75) is 20.8 Å². The third kappa shape index (κ3) is 3.71. The van der Waals surface area contributed by atoms with Crippen molar-refractivity contribution in [3.05, 3.63) is 24.3 Å². The van der Waals surface area contributed by atoms with Gasteiger partial charge in [0, 0.05) is 0 Å². The minimum atomic E-state index is -1.14. The van der Waals surface area contributed by atoms with Crippen LogP contribution in [-0.4, -0.2) is 24.1 Å². The second kappa shape index (κ2) is 5.73. The molecule has 1 amide bonds. The zero-order valence-electron chi connectivity index (χ0n) is 11.6. The van der Waals surface area contributed by atoms with E-state index in [9.17, 15) is 14.7 Å². The van der Waals surface area contributed by atoms with Crippen molar-refractivity contribution in [2.75, 3.05) is 12.4 Å². The van der Waals surface area contributed by atoms with E-state index >= 15 is 0 Å². The van der Waals surface area contributed by atoms with Crippen LogP contribution in [0.25, 0.3) is 0 Å². The molecule has 0 saturated heterocycles. The highest BCUT2D eigenvalue weighted by molar-refractivity contribution is 6.05. The summed E-state index contributed by atoms with van der Waals surface area (Å²) in [5.41, 5.74) is -0.205. The van der Waals surface area contributed by atoms with Crippen molar-refractivity contribution < 1.29 is 19.4 Å². The first-order chi connectivity index (χ1) is 8.77. The maximum absolute atomic E-state index is 12.1. The number of carbonyl (C=O) groups excluding carboxylic acids is 1. The Kier molecular flexibility index (Phi) is 4.53. The van der Waals surface area contributed by atoms with Crippen LogP contribution in [-0.2, 0) is 9.59 Å². The van der Waals surface area contributed by atoms with Gasteiger partial charge in [0.05, 0.1) is 12.8 Å². The highest BCUT2D eigenvalue weighted by Crippen LogP contribution is 2.29. The normalized spacial score (nSPS) is 12.6. The number of aliphatic carboxylic acids is 1. The number of amides is 1. The summed E-state index contributed by atoms with van der Waals surface area (Å²) in [6.07, 6.45) is 0. The molecule has 0 fully saturated rings. The van der Waals surface area contributed by atoms with Gasteiger partial charge < -0.3 is 15.2 Å². The van der Waals surface area contributed by atoms with E-state index in [2.05, 4.69) is 5.32 Å². The van der Waals surface area contributed by atoms with Crippen molar-refractivity contribution >= 4 is 17.6 Å². The molecule has 5 nitrogen and oxygen atoms in total. The van der Waals surface area contributed by atoms with Crippen LogP contribution < -0.4 is 10.1 Å². The summed E-state index contributed by atoms with van der Waals surface area (Å²) in [6.45, 7) is 5.15. The average molecular weight is 265 g/mol. The van der Waals surface area contributed by atoms with E-state index < -0.39 is 23.2 Å². The lowest BCUT2D eigenvalue weighted by Crippen LogP contribution is -2.39. The predicted molar refractivity (Wildman–Crippen MR) is 72.2 cm³/mol. The maximum Gasteiger partial charge on any atom is 0.316 e.